The Morgan fingerprint density at radius 1 is 0.731 bits per heavy atom. The minimum Gasteiger partial charge on any atom is -0.756 e. The van der Waals surface area contributed by atoms with Crippen LogP contribution in [0.25, 0.3) is 0 Å². The number of carbonyl (C=O) groups excluding carboxylic acids is 1. The molecule has 0 aromatic rings. The van der Waals surface area contributed by atoms with Crippen LogP contribution in [0.3, 0.4) is 0 Å². The fourth-order valence-electron chi connectivity index (χ4n) is 5.25. The molecule has 1 amide bonds. The van der Waals surface area contributed by atoms with E-state index in [1.165, 1.54) is 70.6 Å². The molecule has 9 nitrogen and oxygen atoms in total. The van der Waals surface area contributed by atoms with E-state index in [-0.39, 0.29) is 18.9 Å². The molecular weight excluding hydrogens is 675 g/mol. The van der Waals surface area contributed by atoms with Gasteiger partial charge in [-0.3, -0.25) is 9.36 Å². The quantitative estimate of drug-likeness (QED) is 0.0194. The number of aliphatic hydroxyl groups is 2. The van der Waals surface area contributed by atoms with Crippen LogP contribution >= 0.6 is 7.82 Å². The van der Waals surface area contributed by atoms with E-state index in [1.807, 2.05) is 45.4 Å². The first-order valence-corrected chi connectivity index (χ1v) is 21.7. The second kappa shape index (κ2) is 33.7. The Labute approximate surface area is 318 Å². The number of carbonyl (C=O) groups is 1. The predicted octanol–water partition coefficient (Wildman–Crippen LogP) is 9.02. The number of nitrogens with one attached hydrogen (secondary N) is 1. The Bertz CT molecular complexity index is 1050. The third-order valence-corrected chi connectivity index (χ3v) is 9.54. The van der Waals surface area contributed by atoms with Gasteiger partial charge in [-0.25, -0.2) is 0 Å². The first kappa shape index (κ1) is 50.2. The van der Waals surface area contributed by atoms with Crippen molar-refractivity contribution in [2.75, 3.05) is 40.9 Å². The van der Waals surface area contributed by atoms with Gasteiger partial charge in [0.05, 0.1) is 46.0 Å². The molecule has 0 aromatic heterocycles. The van der Waals surface area contributed by atoms with E-state index in [0.717, 1.165) is 38.5 Å². The number of amides is 1. The number of phosphoric acid groups is 1. The number of likely N-dealkylation sites (N-methyl/N-ethyl adjacent to an activating group) is 1. The fraction of sp³-hybridized carbons (Fsp3) is 0.738. The summed E-state index contributed by atoms with van der Waals surface area (Å²) in [6, 6.07) is -0.980. The largest absolute Gasteiger partial charge is 0.756 e. The lowest BCUT2D eigenvalue weighted by Crippen LogP contribution is -2.45. The molecule has 10 heteroatoms. The molecule has 0 heterocycles. The van der Waals surface area contributed by atoms with Crippen molar-refractivity contribution in [3.8, 4) is 0 Å². The Morgan fingerprint density at radius 2 is 1.29 bits per heavy atom. The molecule has 0 bridgehead atoms. The van der Waals surface area contributed by atoms with Crippen molar-refractivity contribution in [2.24, 2.45) is 0 Å². The average molecular weight is 753 g/mol. The second-order valence-corrected chi connectivity index (χ2v) is 16.2. The molecule has 0 rings (SSSR count). The van der Waals surface area contributed by atoms with Gasteiger partial charge in [0.15, 0.2) is 0 Å². The monoisotopic (exact) mass is 753 g/mol. The zero-order valence-corrected chi connectivity index (χ0v) is 34.5. The van der Waals surface area contributed by atoms with Crippen molar-refractivity contribution >= 4 is 13.7 Å². The molecule has 0 saturated heterocycles. The van der Waals surface area contributed by atoms with Crippen LogP contribution in [0.4, 0.5) is 0 Å². The average Bonchev–Trinajstić information content (AvgIpc) is 3.08. The molecule has 0 fully saturated rings. The molecular formula is C42H77N2O7P. The van der Waals surface area contributed by atoms with Crippen LogP contribution in [0.2, 0.25) is 0 Å². The highest BCUT2D eigenvalue weighted by molar-refractivity contribution is 7.45. The minimum absolute atomic E-state index is 0.0383. The Morgan fingerprint density at radius 3 is 1.94 bits per heavy atom. The molecule has 302 valence electrons. The first-order valence-electron chi connectivity index (χ1n) is 20.3. The van der Waals surface area contributed by atoms with Gasteiger partial charge in [0, 0.05) is 6.42 Å². The highest BCUT2D eigenvalue weighted by Gasteiger charge is 2.23. The summed E-state index contributed by atoms with van der Waals surface area (Å²) in [4.78, 5) is 25.2. The van der Waals surface area contributed by atoms with Crippen molar-refractivity contribution in [1.82, 2.24) is 5.32 Å². The van der Waals surface area contributed by atoms with Gasteiger partial charge in [-0.1, -0.05) is 145 Å². The number of hydrogen-bond donors (Lipinski definition) is 3. The molecule has 0 saturated carbocycles. The SMILES string of the molecule is CCCCC/C=C\C/C=C\C/C=C\C=C\[C@H](O)CCCC(=O)N[C@@H](COP(=O)([O-])OCC[N+](C)(C)C)[C@H](O)/C=C/CCCCCCCCCCCC. The standard InChI is InChI=1S/C42H77N2O7P/c1-6-8-10-12-14-16-18-20-21-23-25-27-29-32-39(45)33-31-35-42(47)43-40(38-51-52(48,49)50-37-36-44(3,4)5)41(46)34-30-28-26-24-22-19-17-15-13-11-9-7-2/h14,16,20-21,25,27,29-30,32,34,39-41,45-46H,6-13,15,17-19,22-24,26,28,31,33,35-38H2,1-5H3,(H-,43,47,48,49)/b16-14-,21-20-,27-25-,32-29+,34-30+/t39-,40-,41+/m0/s1. The molecule has 0 spiro atoms. The number of phosphoric ester groups is 1. The highest BCUT2D eigenvalue weighted by atomic mass is 31.2. The lowest BCUT2D eigenvalue weighted by Gasteiger charge is -2.29. The third-order valence-electron chi connectivity index (χ3n) is 8.58. The summed E-state index contributed by atoms with van der Waals surface area (Å²) < 4.78 is 23.0. The zero-order chi connectivity index (χ0) is 38.8. The lowest BCUT2D eigenvalue weighted by atomic mass is 10.1. The summed E-state index contributed by atoms with van der Waals surface area (Å²) in [6.07, 6.45) is 38.6. The van der Waals surface area contributed by atoms with Crippen LogP contribution in [0.1, 0.15) is 142 Å². The van der Waals surface area contributed by atoms with Gasteiger partial charge in [0.1, 0.15) is 13.2 Å². The van der Waals surface area contributed by atoms with E-state index in [9.17, 15) is 24.5 Å². The fourth-order valence-corrected chi connectivity index (χ4v) is 5.98. The first-order chi connectivity index (χ1) is 24.9. The van der Waals surface area contributed by atoms with E-state index in [4.69, 9.17) is 9.05 Å². The van der Waals surface area contributed by atoms with Gasteiger partial charge in [-0.2, -0.15) is 0 Å². The summed E-state index contributed by atoms with van der Waals surface area (Å²) in [5.41, 5.74) is 0. The van der Waals surface area contributed by atoms with Gasteiger partial charge in [0.25, 0.3) is 7.82 Å². The third kappa shape index (κ3) is 35.2. The van der Waals surface area contributed by atoms with Crippen LogP contribution in [0, 0.1) is 0 Å². The van der Waals surface area contributed by atoms with Crippen LogP contribution in [-0.2, 0) is 18.4 Å². The maximum atomic E-state index is 12.8. The molecule has 1 unspecified atom stereocenters. The summed E-state index contributed by atoms with van der Waals surface area (Å²) in [7, 11) is 1.13. The predicted molar refractivity (Wildman–Crippen MR) is 216 cm³/mol. The van der Waals surface area contributed by atoms with E-state index < -0.39 is 32.7 Å². The van der Waals surface area contributed by atoms with Crippen molar-refractivity contribution in [3.63, 3.8) is 0 Å². The van der Waals surface area contributed by atoms with E-state index in [1.54, 1.807) is 12.2 Å². The molecule has 3 N–H and O–H groups in total. The number of rotatable bonds is 35. The lowest BCUT2D eigenvalue weighted by molar-refractivity contribution is -0.870. The van der Waals surface area contributed by atoms with E-state index in [0.29, 0.717) is 23.9 Å². The second-order valence-electron chi connectivity index (χ2n) is 14.8. The maximum absolute atomic E-state index is 12.8. The number of unbranched alkanes of at least 4 members (excludes halogenated alkanes) is 13. The Balaban J connectivity index is 4.73. The van der Waals surface area contributed by atoms with Crippen LogP contribution in [-0.4, -0.2) is 79.8 Å². The molecule has 0 aliphatic carbocycles. The van der Waals surface area contributed by atoms with Crippen LogP contribution in [0.5, 0.6) is 0 Å². The molecule has 0 radical (unpaired) electrons. The maximum Gasteiger partial charge on any atom is 0.268 e. The summed E-state index contributed by atoms with van der Waals surface area (Å²) >= 11 is 0. The van der Waals surface area contributed by atoms with Gasteiger partial charge >= 0.3 is 0 Å². The van der Waals surface area contributed by atoms with Gasteiger partial charge in [0.2, 0.25) is 5.91 Å². The van der Waals surface area contributed by atoms with E-state index >= 15 is 0 Å². The van der Waals surface area contributed by atoms with Gasteiger partial charge in [-0.15, -0.1) is 0 Å². The smallest absolute Gasteiger partial charge is 0.268 e. The molecule has 0 aliphatic heterocycles. The van der Waals surface area contributed by atoms with Crippen molar-refractivity contribution in [1.29, 1.82) is 0 Å². The number of allylic oxidation sites excluding steroid dienone is 8. The number of hydrogen-bond acceptors (Lipinski definition) is 7. The normalized spacial score (nSPS) is 15.8. The van der Waals surface area contributed by atoms with Crippen molar-refractivity contribution in [3.05, 3.63) is 60.8 Å². The number of quaternary nitrogens is 1. The van der Waals surface area contributed by atoms with E-state index in [2.05, 4.69) is 43.5 Å². The topological polar surface area (TPSA) is 128 Å². The molecule has 4 atom stereocenters. The number of nitrogens with zero attached hydrogens (tertiary/aromatic N) is 1. The van der Waals surface area contributed by atoms with Crippen LogP contribution in [0.15, 0.2) is 60.8 Å². The van der Waals surface area contributed by atoms with Crippen molar-refractivity contribution < 1.29 is 38.0 Å². The zero-order valence-electron chi connectivity index (χ0n) is 33.6. The molecule has 0 aromatic carbocycles. The van der Waals surface area contributed by atoms with Crippen molar-refractivity contribution in [2.45, 2.75) is 161 Å². The summed E-state index contributed by atoms with van der Waals surface area (Å²) in [6.45, 7) is 4.42. The Kier molecular flexibility index (Phi) is 32.5. The number of aliphatic hydroxyl groups excluding tert-OH is 2. The molecule has 52 heavy (non-hydrogen) atoms. The summed E-state index contributed by atoms with van der Waals surface area (Å²) in [5, 5.41) is 23.9. The molecule has 0 aliphatic rings. The van der Waals surface area contributed by atoms with Crippen LogP contribution < -0.4 is 10.2 Å². The van der Waals surface area contributed by atoms with Gasteiger partial charge in [-0.05, 0) is 51.4 Å². The Hall–Kier alpha value is -1.84. The highest BCUT2D eigenvalue weighted by Crippen LogP contribution is 2.38. The minimum atomic E-state index is -4.64. The van der Waals surface area contributed by atoms with Gasteiger partial charge < -0.3 is 34.0 Å². The summed E-state index contributed by atoms with van der Waals surface area (Å²) in [5.74, 6) is -0.360.